The zero-order valence-electron chi connectivity index (χ0n) is 8.48. The number of rotatable bonds is 3. The summed E-state index contributed by atoms with van der Waals surface area (Å²) in [5.41, 5.74) is 1.05. The molecular formula is C10H15NO3S. The lowest BCUT2D eigenvalue weighted by Crippen LogP contribution is -2.39. The summed E-state index contributed by atoms with van der Waals surface area (Å²) in [6, 6.07) is 1.98. The monoisotopic (exact) mass is 229 g/mol. The van der Waals surface area contributed by atoms with Crippen molar-refractivity contribution in [1.29, 1.82) is 0 Å². The van der Waals surface area contributed by atoms with E-state index in [0.717, 1.165) is 18.4 Å². The van der Waals surface area contributed by atoms with Crippen LogP contribution in [0.1, 0.15) is 18.4 Å². The van der Waals surface area contributed by atoms with Gasteiger partial charge in [0.25, 0.3) is 0 Å². The fourth-order valence-corrected chi connectivity index (χ4v) is 3.51. The molecule has 0 spiro atoms. The van der Waals surface area contributed by atoms with Crippen LogP contribution in [-0.2, 0) is 16.4 Å². The van der Waals surface area contributed by atoms with Gasteiger partial charge in [-0.15, -0.1) is 0 Å². The maximum Gasteiger partial charge on any atom is 0.151 e. The van der Waals surface area contributed by atoms with Gasteiger partial charge in [-0.05, 0) is 18.9 Å². The molecule has 1 aliphatic heterocycles. The molecule has 1 aromatic heterocycles. The summed E-state index contributed by atoms with van der Waals surface area (Å²) in [5.74, 6) is 0.613. The molecule has 1 aliphatic rings. The number of hydrogen-bond acceptors (Lipinski definition) is 4. The molecule has 15 heavy (non-hydrogen) atoms. The van der Waals surface area contributed by atoms with E-state index in [1.54, 1.807) is 12.5 Å². The highest BCUT2D eigenvalue weighted by atomic mass is 32.2. The molecule has 1 unspecified atom stereocenters. The molecule has 0 saturated carbocycles. The molecule has 1 N–H and O–H groups in total. The van der Waals surface area contributed by atoms with Crippen LogP contribution in [0, 0.1) is 0 Å². The SMILES string of the molecule is O=S1(=O)CCCC(NCc2ccoc2)C1. The van der Waals surface area contributed by atoms with E-state index in [1.165, 1.54) is 0 Å². The summed E-state index contributed by atoms with van der Waals surface area (Å²) in [4.78, 5) is 0. The van der Waals surface area contributed by atoms with Gasteiger partial charge in [-0.2, -0.15) is 0 Å². The van der Waals surface area contributed by atoms with Crippen LogP contribution in [0.15, 0.2) is 23.0 Å². The van der Waals surface area contributed by atoms with Gasteiger partial charge in [0.05, 0.1) is 24.0 Å². The van der Waals surface area contributed by atoms with Gasteiger partial charge in [0.15, 0.2) is 9.84 Å². The van der Waals surface area contributed by atoms with Gasteiger partial charge in [-0.1, -0.05) is 0 Å². The molecule has 1 atom stereocenters. The highest BCUT2D eigenvalue weighted by molar-refractivity contribution is 7.91. The van der Waals surface area contributed by atoms with Crippen molar-refractivity contribution in [3.05, 3.63) is 24.2 Å². The Labute approximate surface area is 89.6 Å². The van der Waals surface area contributed by atoms with E-state index < -0.39 is 9.84 Å². The van der Waals surface area contributed by atoms with Crippen LogP contribution in [0.5, 0.6) is 0 Å². The predicted molar refractivity (Wildman–Crippen MR) is 57.2 cm³/mol. The first kappa shape index (κ1) is 10.7. The highest BCUT2D eigenvalue weighted by Gasteiger charge is 2.23. The van der Waals surface area contributed by atoms with Gasteiger partial charge >= 0.3 is 0 Å². The molecular weight excluding hydrogens is 214 g/mol. The van der Waals surface area contributed by atoms with Crippen LogP contribution in [-0.4, -0.2) is 26.0 Å². The summed E-state index contributed by atoms with van der Waals surface area (Å²) in [6.07, 6.45) is 5.00. The van der Waals surface area contributed by atoms with Gasteiger partial charge in [0.1, 0.15) is 0 Å². The van der Waals surface area contributed by atoms with Crippen molar-refractivity contribution < 1.29 is 12.8 Å². The van der Waals surface area contributed by atoms with Crippen molar-refractivity contribution >= 4 is 9.84 Å². The van der Waals surface area contributed by atoms with Crippen LogP contribution in [0.2, 0.25) is 0 Å². The third-order valence-corrected chi connectivity index (χ3v) is 4.46. The van der Waals surface area contributed by atoms with E-state index in [1.807, 2.05) is 6.07 Å². The van der Waals surface area contributed by atoms with Crippen molar-refractivity contribution in [2.45, 2.75) is 25.4 Å². The van der Waals surface area contributed by atoms with Crippen molar-refractivity contribution in [3.8, 4) is 0 Å². The van der Waals surface area contributed by atoms with Gasteiger partial charge < -0.3 is 9.73 Å². The zero-order valence-corrected chi connectivity index (χ0v) is 9.29. The predicted octanol–water partition coefficient (Wildman–Crippen LogP) is 0.946. The summed E-state index contributed by atoms with van der Waals surface area (Å²) in [5, 5.41) is 3.24. The third kappa shape index (κ3) is 3.07. The minimum atomic E-state index is -2.81. The van der Waals surface area contributed by atoms with E-state index in [-0.39, 0.29) is 11.8 Å². The first-order chi connectivity index (χ1) is 7.16. The molecule has 2 heterocycles. The quantitative estimate of drug-likeness (QED) is 0.838. The van der Waals surface area contributed by atoms with Gasteiger partial charge in [0, 0.05) is 18.2 Å². The second-order valence-corrected chi connectivity index (χ2v) is 6.19. The second-order valence-electron chi connectivity index (χ2n) is 3.97. The summed E-state index contributed by atoms with van der Waals surface area (Å²) in [6.45, 7) is 0.677. The fraction of sp³-hybridized carbons (Fsp3) is 0.600. The summed E-state index contributed by atoms with van der Waals surface area (Å²) in [7, 11) is -2.81. The summed E-state index contributed by atoms with van der Waals surface area (Å²) < 4.78 is 27.7. The first-order valence-electron chi connectivity index (χ1n) is 5.11. The lowest BCUT2D eigenvalue weighted by molar-refractivity contribution is 0.478. The van der Waals surface area contributed by atoms with E-state index >= 15 is 0 Å². The topological polar surface area (TPSA) is 59.3 Å². The van der Waals surface area contributed by atoms with Crippen LogP contribution in [0.4, 0.5) is 0 Å². The van der Waals surface area contributed by atoms with Gasteiger partial charge in [0.2, 0.25) is 0 Å². The molecule has 1 fully saturated rings. The molecule has 0 amide bonds. The average molecular weight is 229 g/mol. The van der Waals surface area contributed by atoms with Crippen LogP contribution < -0.4 is 5.32 Å². The number of hydrogen-bond donors (Lipinski definition) is 1. The van der Waals surface area contributed by atoms with Crippen LogP contribution in [0.3, 0.4) is 0 Å². The third-order valence-electron chi connectivity index (χ3n) is 2.64. The molecule has 0 aliphatic carbocycles. The Morgan fingerprint density at radius 2 is 2.40 bits per heavy atom. The van der Waals surface area contributed by atoms with Crippen molar-refractivity contribution in [2.24, 2.45) is 0 Å². The lowest BCUT2D eigenvalue weighted by atomic mass is 10.2. The Balaban J connectivity index is 1.85. The average Bonchev–Trinajstić information content (AvgIpc) is 2.65. The van der Waals surface area contributed by atoms with E-state index in [4.69, 9.17) is 4.42 Å². The minimum absolute atomic E-state index is 0.0960. The molecule has 0 aromatic carbocycles. The second kappa shape index (κ2) is 4.37. The van der Waals surface area contributed by atoms with Crippen molar-refractivity contribution in [2.75, 3.05) is 11.5 Å². The standard InChI is InChI=1S/C10H15NO3S/c12-15(13)5-1-2-10(8-15)11-6-9-3-4-14-7-9/h3-4,7,10-11H,1-2,5-6,8H2. The van der Waals surface area contributed by atoms with Crippen molar-refractivity contribution in [1.82, 2.24) is 5.32 Å². The minimum Gasteiger partial charge on any atom is -0.472 e. The number of nitrogens with one attached hydrogen (secondary N) is 1. The molecule has 1 aromatic rings. The fourth-order valence-electron chi connectivity index (χ4n) is 1.84. The molecule has 2 rings (SSSR count). The highest BCUT2D eigenvalue weighted by Crippen LogP contribution is 2.12. The molecule has 5 heteroatoms. The Bertz CT molecular complexity index is 396. The van der Waals surface area contributed by atoms with Crippen molar-refractivity contribution in [3.63, 3.8) is 0 Å². The maximum absolute atomic E-state index is 11.4. The largest absolute Gasteiger partial charge is 0.472 e. The van der Waals surface area contributed by atoms with E-state index in [9.17, 15) is 8.42 Å². The normalized spacial score (nSPS) is 25.2. The maximum atomic E-state index is 11.4. The molecule has 84 valence electrons. The first-order valence-corrected chi connectivity index (χ1v) is 6.93. The molecule has 0 radical (unpaired) electrons. The van der Waals surface area contributed by atoms with E-state index in [2.05, 4.69) is 5.32 Å². The Morgan fingerprint density at radius 1 is 1.53 bits per heavy atom. The Hall–Kier alpha value is -0.810. The van der Waals surface area contributed by atoms with Crippen LogP contribution in [0.25, 0.3) is 0 Å². The van der Waals surface area contributed by atoms with Gasteiger partial charge in [-0.3, -0.25) is 0 Å². The molecule has 0 bridgehead atoms. The Kier molecular flexibility index (Phi) is 3.11. The zero-order chi connectivity index (χ0) is 10.7. The Morgan fingerprint density at radius 3 is 3.07 bits per heavy atom. The van der Waals surface area contributed by atoms with Crippen LogP contribution >= 0.6 is 0 Å². The van der Waals surface area contributed by atoms with E-state index in [0.29, 0.717) is 12.3 Å². The smallest absolute Gasteiger partial charge is 0.151 e. The lowest BCUT2D eigenvalue weighted by Gasteiger charge is -2.22. The molecule has 1 saturated heterocycles. The van der Waals surface area contributed by atoms with Gasteiger partial charge in [-0.25, -0.2) is 8.42 Å². The number of sulfone groups is 1. The number of furan rings is 1. The molecule has 4 nitrogen and oxygen atoms in total. The summed E-state index contributed by atoms with van der Waals surface area (Å²) >= 11 is 0.